The Morgan fingerprint density at radius 2 is 1.70 bits per heavy atom. The van der Waals surface area contributed by atoms with Gasteiger partial charge in [-0.3, -0.25) is 4.79 Å². The number of carbonyl (C=O) groups is 2. The number of hydrogen-bond donors (Lipinski definition) is 2. The first-order valence-electron chi connectivity index (χ1n) is 8.57. The molecule has 0 unspecified atom stereocenters. The van der Waals surface area contributed by atoms with Crippen molar-refractivity contribution in [3.63, 3.8) is 0 Å². The molecule has 0 aromatic heterocycles. The molecule has 5 nitrogen and oxygen atoms in total. The summed E-state index contributed by atoms with van der Waals surface area (Å²) in [7, 11) is 0. The molecule has 3 aromatic carbocycles. The molecule has 0 aliphatic rings. The summed E-state index contributed by atoms with van der Waals surface area (Å²) < 4.78 is 19.3. The minimum absolute atomic E-state index is 0.109. The zero-order valence-corrected chi connectivity index (χ0v) is 16.7. The van der Waals surface area contributed by atoms with E-state index in [9.17, 15) is 19.1 Å². The summed E-state index contributed by atoms with van der Waals surface area (Å²) in [6, 6.07) is 16.5. The van der Waals surface area contributed by atoms with Crippen molar-refractivity contribution in [2.75, 3.05) is 0 Å². The van der Waals surface area contributed by atoms with E-state index in [4.69, 9.17) is 27.9 Å². The van der Waals surface area contributed by atoms with Crippen LogP contribution < -0.4 is 10.1 Å². The van der Waals surface area contributed by atoms with Crippen molar-refractivity contribution >= 4 is 41.2 Å². The molecule has 30 heavy (non-hydrogen) atoms. The number of hydrogen-bond acceptors (Lipinski definition) is 3. The molecule has 2 N–H and O–H groups in total. The number of para-hydroxylation sites is 1. The van der Waals surface area contributed by atoms with Gasteiger partial charge in [0, 0.05) is 10.6 Å². The first-order chi connectivity index (χ1) is 14.3. The Balaban J connectivity index is 1.78. The number of carboxylic acids is 1. The van der Waals surface area contributed by atoms with Crippen LogP contribution >= 0.6 is 23.2 Å². The highest BCUT2D eigenvalue weighted by molar-refractivity contribution is 6.32. The molecule has 0 radical (unpaired) electrons. The molecule has 1 amide bonds. The average molecular weight is 446 g/mol. The molecule has 152 valence electrons. The second-order valence-electron chi connectivity index (χ2n) is 6.05. The van der Waals surface area contributed by atoms with Crippen molar-refractivity contribution in [2.24, 2.45) is 0 Å². The van der Waals surface area contributed by atoms with Gasteiger partial charge < -0.3 is 15.2 Å². The Morgan fingerprint density at radius 3 is 2.33 bits per heavy atom. The Kier molecular flexibility index (Phi) is 6.72. The summed E-state index contributed by atoms with van der Waals surface area (Å²) in [5.74, 6) is -2.34. The average Bonchev–Trinajstić information content (AvgIpc) is 2.71. The fourth-order valence-electron chi connectivity index (χ4n) is 2.47. The third-order valence-corrected chi connectivity index (χ3v) is 4.43. The summed E-state index contributed by atoms with van der Waals surface area (Å²) >= 11 is 11.8. The van der Waals surface area contributed by atoms with Gasteiger partial charge in [0.15, 0.2) is 11.6 Å². The largest absolute Gasteiger partial charge is 0.477 e. The van der Waals surface area contributed by atoms with Crippen LogP contribution in [0.3, 0.4) is 0 Å². The summed E-state index contributed by atoms with van der Waals surface area (Å²) in [4.78, 5) is 23.8. The number of carbonyl (C=O) groups excluding carboxylic acids is 1. The Labute approximate surface area is 181 Å². The minimum atomic E-state index is -1.32. The van der Waals surface area contributed by atoms with Crippen molar-refractivity contribution in [2.45, 2.75) is 0 Å². The van der Waals surface area contributed by atoms with E-state index >= 15 is 0 Å². The number of nitrogens with one attached hydrogen (secondary N) is 1. The van der Waals surface area contributed by atoms with Gasteiger partial charge in [-0.1, -0.05) is 47.5 Å². The normalized spacial score (nSPS) is 11.1. The molecule has 8 heteroatoms. The van der Waals surface area contributed by atoms with Gasteiger partial charge in [-0.15, -0.1) is 0 Å². The van der Waals surface area contributed by atoms with Crippen LogP contribution in [0.15, 0.2) is 72.4 Å². The number of benzene rings is 3. The molecular weight excluding hydrogens is 432 g/mol. The standard InChI is InChI=1S/C22H14Cl2FNO4/c23-15-4-1-3-14(12-15)21(27)26-19(22(28)29)11-13-7-9-16(10-8-13)30-20-17(24)5-2-6-18(20)25/h1-12H,(H,26,27)(H,28,29). The maximum atomic E-state index is 13.8. The molecule has 3 rings (SSSR count). The number of rotatable bonds is 6. The van der Waals surface area contributed by atoms with Crippen LogP contribution in [0.1, 0.15) is 15.9 Å². The van der Waals surface area contributed by atoms with Crippen LogP contribution in [0.4, 0.5) is 4.39 Å². The molecule has 0 fully saturated rings. The predicted molar refractivity (Wildman–Crippen MR) is 112 cm³/mol. The van der Waals surface area contributed by atoms with Crippen LogP contribution in [0, 0.1) is 5.82 Å². The minimum Gasteiger partial charge on any atom is -0.477 e. The van der Waals surface area contributed by atoms with Crippen LogP contribution in [0.2, 0.25) is 10.0 Å². The molecule has 0 atom stereocenters. The monoisotopic (exact) mass is 445 g/mol. The van der Waals surface area contributed by atoms with E-state index in [1.165, 1.54) is 48.5 Å². The van der Waals surface area contributed by atoms with Crippen molar-refractivity contribution < 1.29 is 23.8 Å². The van der Waals surface area contributed by atoms with Gasteiger partial charge in [-0.25, -0.2) is 9.18 Å². The lowest BCUT2D eigenvalue weighted by molar-refractivity contribution is -0.132. The highest BCUT2D eigenvalue weighted by atomic mass is 35.5. The molecule has 0 spiro atoms. The van der Waals surface area contributed by atoms with Crippen molar-refractivity contribution in [1.82, 2.24) is 5.32 Å². The van der Waals surface area contributed by atoms with Crippen LogP contribution in [0.5, 0.6) is 11.5 Å². The quantitative estimate of drug-likeness (QED) is 0.471. The van der Waals surface area contributed by atoms with Crippen molar-refractivity contribution in [3.05, 3.63) is 99.4 Å². The Hall–Kier alpha value is -3.35. The first kappa shape index (κ1) is 21.4. The first-order valence-corrected chi connectivity index (χ1v) is 9.33. The Morgan fingerprint density at radius 1 is 1.00 bits per heavy atom. The molecule has 0 bridgehead atoms. The van der Waals surface area contributed by atoms with E-state index in [0.717, 1.165) is 0 Å². The van der Waals surface area contributed by atoms with E-state index < -0.39 is 17.7 Å². The van der Waals surface area contributed by atoms with Crippen molar-refractivity contribution in [1.29, 1.82) is 0 Å². The van der Waals surface area contributed by atoms with Crippen LogP contribution in [0.25, 0.3) is 6.08 Å². The highest BCUT2D eigenvalue weighted by Crippen LogP contribution is 2.32. The lowest BCUT2D eigenvalue weighted by Crippen LogP contribution is -2.27. The zero-order valence-electron chi connectivity index (χ0n) is 15.2. The van der Waals surface area contributed by atoms with E-state index in [1.54, 1.807) is 24.3 Å². The fourth-order valence-corrected chi connectivity index (χ4v) is 2.86. The van der Waals surface area contributed by atoms with Gasteiger partial charge in [0.05, 0.1) is 5.02 Å². The second kappa shape index (κ2) is 9.43. The summed E-state index contributed by atoms with van der Waals surface area (Å²) in [5.41, 5.74) is 0.372. The smallest absolute Gasteiger partial charge is 0.352 e. The third kappa shape index (κ3) is 5.37. The number of ether oxygens (including phenoxy) is 1. The number of carboxylic acid groups (broad SMARTS) is 1. The molecular formula is C22H14Cl2FNO4. The van der Waals surface area contributed by atoms with Gasteiger partial charge in [0.25, 0.3) is 5.91 Å². The predicted octanol–water partition coefficient (Wildman–Crippen LogP) is 5.78. The fraction of sp³-hybridized carbons (Fsp3) is 0. The van der Waals surface area contributed by atoms with E-state index in [0.29, 0.717) is 16.3 Å². The summed E-state index contributed by atoms with van der Waals surface area (Å²) in [5, 5.41) is 12.2. The number of amides is 1. The molecule has 0 saturated carbocycles. The third-order valence-electron chi connectivity index (χ3n) is 3.90. The Bertz CT molecular complexity index is 1110. The molecule has 3 aromatic rings. The van der Waals surface area contributed by atoms with Crippen LogP contribution in [-0.4, -0.2) is 17.0 Å². The van der Waals surface area contributed by atoms with E-state index in [-0.39, 0.29) is 22.0 Å². The highest BCUT2D eigenvalue weighted by Gasteiger charge is 2.14. The van der Waals surface area contributed by atoms with Gasteiger partial charge in [0.1, 0.15) is 11.4 Å². The van der Waals surface area contributed by atoms with E-state index in [1.807, 2.05) is 0 Å². The summed E-state index contributed by atoms with van der Waals surface area (Å²) in [6.45, 7) is 0. The molecule has 0 aliphatic heterocycles. The molecule has 0 aliphatic carbocycles. The van der Waals surface area contributed by atoms with Gasteiger partial charge in [-0.2, -0.15) is 0 Å². The maximum Gasteiger partial charge on any atom is 0.352 e. The van der Waals surface area contributed by atoms with Gasteiger partial charge in [-0.05, 0) is 54.1 Å². The summed E-state index contributed by atoms with van der Waals surface area (Å²) in [6.07, 6.45) is 1.28. The van der Waals surface area contributed by atoms with Crippen molar-refractivity contribution in [3.8, 4) is 11.5 Å². The number of halogens is 3. The van der Waals surface area contributed by atoms with E-state index in [2.05, 4.69) is 5.32 Å². The topological polar surface area (TPSA) is 75.6 Å². The van der Waals surface area contributed by atoms with Crippen LogP contribution in [-0.2, 0) is 4.79 Å². The zero-order chi connectivity index (χ0) is 21.7. The lowest BCUT2D eigenvalue weighted by Gasteiger charge is -2.09. The molecule has 0 heterocycles. The van der Waals surface area contributed by atoms with Gasteiger partial charge >= 0.3 is 5.97 Å². The second-order valence-corrected chi connectivity index (χ2v) is 6.89. The SMILES string of the molecule is O=C(O)C(=Cc1ccc(Oc2c(F)cccc2Cl)cc1)NC(=O)c1cccc(Cl)c1. The van der Waals surface area contributed by atoms with Gasteiger partial charge in [0.2, 0.25) is 0 Å². The number of aliphatic carboxylic acids is 1. The maximum absolute atomic E-state index is 13.8. The molecule has 0 saturated heterocycles. The lowest BCUT2D eigenvalue weighted by atomic mass is 10.1.